The van der Waals surface area contributed by atoms with Gasteiger partial charge in [-0.05, 0) is 18.2 Å². The standard InChI is InChI=1S/C14H19N3O2/c1-9(7-15)14-16-8-12(17-14)11-6-10(18-2)4-5-13(11)19-3/h4-6,8-9H,7,15H2,1-3H3,(H,16,17). The SMILES string of the molecule is COc1ccc(OC)c(-c2cnc(C(C)CN)[nH]2)c1. The summed E-state index contributed by atoms with van der Waals surface area (Å²) in [7, 11) is 3.28. The Kier molecular flexibility index (Phi) is 4.06. The second kappa shape index (κ2) is 5.75. The number of nitrogens with one attached hydrogen (secondary N) is 1. The molecule has 5 heteroatoms. The molecule has 0 bridgehead atoms. The normalized spacial score (nSPS) is 12.2. The van der Waals surface area contributed by atoms with Crippen LogP contribution in [-0.4, -0.2) is 30.7 Å². The molecule has 19 heavy (non-hydrogen) atoms. The molecule has 2 rings (SSSR count). The van der Waals surface area contributed by atoms with Crippen LogP contribution in [-0.2, 0) is 0 Å². The van der Waals surface area contributed by atoms with Crippen molar-refractivity contribution >= 4 is 0 Å². The molecule has 102 valence electrons. The van der Waals surface area contributed by atoms with Crippen molar-refractivity contribution in [1.82, 2.24) is 9.97 Å². The van der Waals surface area contributed by atoms with Gasteiger partial charge in [0.2, 0.25) is 0 Å². The molecule has 0 saturated heterocycles. The maximum atomic E-state index is 5.65. The summed E-state index contributed by atoms with van der Waals surface area (Å²) in [5, 5.41) is 0. The van der Waals surface area contributed by atoms with Gasteiger partial charge in [0.25, 0.3) is 0 Å². The highest BCUT2D eigenvalue weighted by Crippen LogP contribution is 2.32. The van der Waals surface area contributed by atoms with Crippen molar-refractivity contribution < 1.29 is 9.47 Å². The van der Waals surface area contributed by atoms with Crippen molar-refractivity contribution in [3.8, 4) is 22.8 Å². The van der Waals surface area contributed by atoms with Crippen LogP contribution < -0.4 is 15.2 Å². The van der Waals surface area contributed by atoms with E-state index in [1.54, 1.807) is 20.4 Å². The molecule has 0 aliphatic heterocycles. The molecule has 1 atom stereocenters. The summed E-state index contributed by atoms with van der Waals surface area (Å²) in [6.45, 7) is 2.59. The number of rotatable bonds is 5. The molecule has 0 saturated carbocycles. The number of aromatic amines is 1. The highest BCUT2D eigenvalue weighted by Gasteiger charge is 2.13. The van der Waals surface area contributed by atoms with E-state index in [4.69, 9.17) is 15.2 Å². The summed E-state index contributed by atoms with van der Waals surface area (Å²) in [6, 6.07) is 5.66. The number of aromatic nitrogens is 2. The molecule has 5 nitrogen and oxygen atoms in total. The molecule has 0 radical (unpaired) electrons. The molecule has 1 aromatic heterocycles. The zero-order valence-corrected chi connectivity index (χ0v) is 11.4. The molecule has 0 spiro atoms. The average Bonchev–Trinajstić information content (AvgIpc) is 2.95. The second-order valence-electron chi connectivity index (χ2n) is 4.39. The largest absolute Gasteiger partial charge is 0.497 e. The lowest BCUT2D eigenvalue weighted by Crippen LogP contribution is -2.10. The molecular formula is C14H19N3O2. The Bertz CT molecular complexity index is 551. The van der Waals surface area contributed by atoms with E-state index in [9.17, 15) is 0 Å². The van der Waals surface area contributed by atoms with Crippen LogP contribution in [0.3, 0.4) is 0 Å². The summed E-state index contributed by atoms with van der Waals surface area (Å²) in [4.78, 5) is 7.64. The number of nitrogens with two attached hydrogens (primary N) is 1. The molecular weight excluding hydrogens is 242 g/mol. The Balaban J connectivity index is 2.42. The van der Waals surface area contributed by atoms with Crippen LogP contribution in [0.25, 0.3) is 11.3 Å². The van der Waals surface area contributed by atoms with Gasteiger partial charge in [-0.1, -0.05) is 6.92 Å². The third-order valence-corrected chi connectivity index (χ3v) is 3.11. The van der Waals surface area contributed by atoms with Crippen LogP contribution in [0.5, 0.6) is 11.5 Å². The van der Waals surface area contributed by atoms with Crippen molar-refractivity contribution in [2.24, 2.45) is 5.73 Å². The van der Waals surface area contributed by atoms with Crippen LogP contribution in [0.2, 0.25) is 0 Å². The minimum absolute atomic E-state index is 0.199. The third-order valence-electron chi connectivity index (χ3n) is 3.11. The number of imidazole rings is 1. The lowest BCUT2D eigenvalue weighted by atomic mass is 10.1. The summed E-state index contributed by atoms with van der Waals surface area (Å²) in [5.74, 6) is 2.63. The van der Waals surface area contributed by atoms with Crippen LogP contribution >= 0.6 is 0 Å². The average molecular weight is 261 g/mol. The first-order valence-electron chi connectivity index (χ1n) is 6.17. The third kappa shape index (κ3) is 2.71. The minimum Gasteiger partial charge on any atom is -0.497 e. The van der Waals surface area contributed by atoms with E-state index in [2.05, 4.69) is 9.97 Å². The number of hydrogen-bond acceptors (Lipinski definition) is 4. The quantitative estimate of drug-likeness (QED) is 0.865. The van der Waals surface area contributed by atoms with Gasteiger partial charge in [0.15, 0.2) is 0 Å². The maximum absolute atomic E-state index is 5.65. The molecule has 1 heterocycles. The molecule has 0 fully saturated rings. The summed E-state index contributed by atoms with van der Waals surface area (Å²) >= 11 is 0. The highest BCUT2D eigenvalue weighted by atomic mass is 16.5. The number of benzene rings is 1. The van der Waals surface area contributed by atoms with Gasteiger partial charge in [0, 0.05) is 18.0 Å². The Labute approximate surface area is 112 Å². The fourth-order valence-electron chi connectivity index (χ4n) is 1.86. The van der Waals surface area contributed by atoms with Crippen molar-refractivity contribution in [3.05, 3.63) is 30.2 Å². The van der Waals surface area contributed by atoms with Crippen molar-refractivity contribution in [1.29, 1.82) is 0 Å². The van der Waals surface area contributed by atoms with Crippen LogP contribution in [0.15, 0.2) is 24.4 Å². The van der Waals surface area contributed by atoms with Gasteiger partial charge < -0.3 is 20.2 Å². The molecule has 0 aliphatic rings. The number of ether oxygens (including phenoxy) is 2. The van der Waals surface area contributed by atoms with Gasteiger partial charge in [0.05, 0.1) is 26.1 Å². The molecule has 3 N–H and O–H groups in total. The van der Waals surface area contributed by atoms with Crippen LogP contribution in [0.1, 0.15) is 18.7 Å². The van der Waals surface area contributed by atoms with E-state index in [0.29, 0.717) is 6.54 Å². The lowest BCUT2D eigenvalue weighted by Gasteiger charge is -2.09. The van der Waals surface area contributed by atoms with E-state index in [1.165, 1.54) is 0 Å². The molecule has 0 aliphatic carbocycles. The summed E-state index contributed by atoms with van der Waals surface area (Å²) < 4.78 is 10.6. The Hall–Kier alpha value is -2.01. The lowest BCUT2D eigenvalue weighted by molar-refractivity contribution is 0.404. The Morgan fingerprint density at radius 3 is 2.74 bits per heavy atom. The van der Waals surface area contributed by atoms with Gasteiger partial charge in [-0.25, -0.2) is 4.98 Å². The smallest absolute Gasteiger partial charge is 0.128 e. The first-order valence-corrected chi connectivity index (χ1v) is 6.17. The van der Waals surface area contributed by atoms with Gasteiger partial charge in [-0.2, -0.15) is 0 Å². The summed E-state index contributed by atoms with van der Waals surface area (Å²) in [6.07, 6.45) is 1.79. The van der Waals surface area contributed by atoms with Crippen molar-refractivity contribution in [2.45, 2.75) is 12.8 Å². The van der Waals surface area contributed by atoms with Crippen LogP contribution in [0, 0.1) is 0 Å². The molecule has 1 aromatic carbocycles. The monoisotopic (exact) mass is 261 g/mol. The van der Waals surface area contributed by atoms with Gasteiger partial charge in [-0.15, -0.1) is 0 Å². The van der Waals surface area contributed by atoms with Crippen molar-refractivity contribution in [3.63, 3.8) is 0 Å². The number of H-pyrrole nitrogens is 1. The summed E-state index contributed by atoms with van der Waals surface area (Å²) in [5.41, 5.74) is 7.46. The zero-order valence-electron chi connectivity index (χ0n) is 11.4. The van der Waals surface area contributed by atoms with Gasteiger partial charge in [0.1, 0.15) is 17.3 Å². The molecule has 0 amide bonds. The Morgan fingerprint density at radius 2 is 2.11 bits per heavy atom. The van der Waals surface area contributed by atoms with Gasteiger partial charge >= 0.3 is 0 Å². The number of methoxy groups -OCH3 is 2. The van der Waals surface area contributed by atoms with E-state index in [-0.39, 0.29) is 5.92 Å². The second-order valence-corrected chi connectivity index (χ2v) is 4.39. The number of nitrogens with zero attached hydrogens (tertiary/aromatic N) is 1. The minimum atomic E-state index is 0.199. The van der Waals surface area contributed by atoms with E-state index < -0.39 is 0 Å². The predicted octanol–water partition coefficient (Wildman–Crippen LogP) is 2.16. The predicted molar refractivity (Wildman–Crippen MR) is 74.6 cm³/mol. The van der Waals surface area contributed by atoms with E-state index in [1.807, 2.05) is 25.1 Å². The zero-order chi connectivity index (χ0) is 13.8. The fraction of sp³-hybridized carbons (Fsp3) is 0.357. The van der Waals surface area contributed by atoms with Gasteiger partial charge in [-0.3, -0.25) is 0 Å². The fourth-order valence-corrected chi connectivity index (χ4v) is 1.86. The van der Waals surface area contributed by atoms with E-state index in [0.717, 1.165) is 28.6 Å². The molecule has 2 aromatic rings. The first kappa shape index (κ1) is 13.4. The number of hydrogen-bond donors (Lipinski definition) is 2. The van der Waals surface area contributed by atoms with Crippen LogP contribution in [0.4, 0.5) is 0 Å². The maximum Gasteiger partial charge on any atom is 0.128 e. The molecule has 1 unspecified atom stereocenters. The van der Waals surface area contributed by atoms with E-state index >= 15 is 0 Å². The highest BCUT2D eigenvalue weighted by molar-refractivity contribution is 5.68. The Morgan fingerprint density at radius 1 is 1.32 bits per heavy atom. The first-order chi connectivity index (χ1) is 9.19. The topological polar surface area (TPSA) is 73.2 Å². The van der Waals surface area contributed by atoms with Crippen molar-refractivity contribution in [2.75, 3.05) is 20.8 Å².